The molecule has 1 aromatic rings. The quantitative estimate of drug-likeness (QED) is 0.776. The van der Waals surface area contributed by atoms with Crippen LogP contribution in [0.3, 0.4) is 0 Å². The monoisotopic (exact) mass is 260 g/mol. The number of halogens is 4. The van der Waals surface area contributed by atoms with E-state index in [1.807, 2.05) is 0 Å². The molecule has 0 amide bonds. The van der Waals surface area contributed by atoms with Gasteiger partial charge in [-0.15, -0.1) is 0 Å². The van der Waals surface area contributed by atoms with Crippen LogP contribution in [0, 0.1) is 23.1 Å². The first-order chi connectivity index (χ1) is 8.38. The Morgan fingerprint density at radius 1 is 1.39 bits per heavy atom. The van der Waals surface area contributed by atoms with Crippen molar-refractivity contribution < 1.29 is 17.6 Å². The average Bonchev–Trinajstić information content (AvgIpc) is 2.28. The normalized spacial score (nSPS) is 12.9. The summed E-state index contributed by atoms with van der Waals surface area (Å²) < 4.78 is 50.5. The number of nitriles is 1. The third kappa shape index (κ3) is 3.62. The van der Waals surface area contributed by atoms with E-state index in [9.17, 15) is 17.6 Å². The molecule has 6 heteroatoms. The van der Waals surface area contributed by atoms with E-state index in [4.69, 9.17) is 5.26 Å². The average molecular weight is 260 g/mol. The fourth-order valence-corrected chi connectivity index (χ4v) is 1.53. The molecule has 0 radical (unpaired) electrons. The van der Waals surface area contributed by atoms with E-state index >= 15 is 0 Å². The molecule has 0 aromatic heterocycles. The van der Waals surface area contributed by atoms with Crippen molar-refractivity contribution in [2.75, 3.05) is 18.0 Å². The Bertz CT molecular complexity index is 436. The summed E-state index contributed by atoms with van der Waals surface area (Å²) in [5.74, 6) is -2.60. The van der Waals surface area contributed by atoms with Crippen LogP contribution in [0.25, 0.3) is 0 Å². The van der Waals surface area contributed by atoms with Crippen LogP contribution >= 0.6 is 0 Å². The molecule has 1 atom stereocenters. The zero-order valence-electron chi connectivity index (χ0n) is 9.71. The van der Waals surface area contributed by atoms with E-state index in [1.54, 1.807) is 6.92 Å². The maximum atomic E-state index is 13.0. The molecule has 0 bridgehead atoms. The van der Waals surface area contributed by atoms with Crippen molar-refractivity contribution in [1.29, 1.82) is 5.26 Å². The van der Waals surface area contributed by atoms with Crippen molar-refractivity contribution in [3.05, 3.63) is 30.1 Å². The molecule has 1 aromatic carbocycles. The van der Waals surface area contributed by atoms with Gasteiger partial charge in [-0.05, 0) is 25.1 Å². The molecule has 0 saturated carbocycles. The number of nitrogens with zero attached hydrogens (tertiary/aromatic N) is 2. The van der Waals surface area contributed by atoms with Gasteiger partial charge in [0.15, 0.2) is 5.92 Å². The van der Waals surface area contributed by atoms with Gasteiger partial charge in [0.1, 0.15) is 5.82 Å². The minimum absolute atomic E-state index is 0.262. The number of anilines is 1. The molecular weight excluding hydrogens is 248 g/mol. The minimum Gasteiger partial charge on any atom is -0.370 e. The molecule has 0 spiro atoms. The van der Waals surface area contributed by atoms with E-state index in [0.29, 0.717) is 5.69 Å². The topological polar surface area (TPSA) is 27.0 Å². The number of hydrogen-bond acceptors (Lipinski definition) is 2. The van der Waals surface area contributed by atoms with Crippen molar-refractivity contribution in [3.8, 4) is 6.07 Å². The zero-order chi connectivity index (χ0) is 13.8. The van der Waals surface area contributed by atoms with Gasteiger partial charge >= 0.3 is 6.18 Å². The van der Waals surface area contributed by atoms with Crippen LogP contribution in [-0.2, 0) is 0 Å². The molecule has 0 aliphatic carbocycles. The summed E-state index contributed by atoms with van der Waals surface area (Å²) in [7, 11) is 0. The van der Waals surface area contributed by atoms with Crippen LogP contribution in [-0.4, -0.2) is 19.3 Å². The molecule has 0 aliphatic rings. The maximum absolute atomic E-state index is 13.0. The van der Waals surface area contributed by atoms with Gasteiger partial charge in [0.2, 0.25) is 0 Å². The molecular formula is C12H12F4N2. The number of benzene rings is 1. The van der Waals surface area contributed by atoms with Gasteiger partial charge in [-0.3, -0.25) is 0 Å². The first kappa shape index (κ1) is 14.3. The van der Waals surface area contributed by atoms with Gasteiger partial charge in [-0.2, -0.15) is 18.4 Å². The van der Waals surface area contributed by atoms with Gasteiger partial charge < -0.3 is 4.90 Å². The SMILES string of the molecule is CCN(CC(C#N)C(F)(F)F)c1cccc(F)c1. The van der Waals surface area contributed by atoms with Gasteiger partial charge in [0, 0.05) is 18.8 Å². The summed E-state index contributed by atoms with van der Waals surface area (Å²) in [4.78, 5) is 1.32. The lowest BCUT2D eigenvalue weighted by Crippen LogP contribution is -2.36. The largest absolute Gasteiger partial charge is 0.406 e. The second-order valence-electron chi connectivity index (χ2n) is 3.74. The summed E-state index contributed by atoms with van der Waals surface area (Å²) in [6.07, 6.45) is -4.57. The van der Waals surface area contributed by atoms with E-state index in [1.165, 1.54) is 29.2 Å². The Morgan fingerprint density at radius 3 is 2.50 bits per heavy atom. The van der Waals surface area contributed by atoms with Crippen LogP contribution in [0.1, 0.15) is 6.92 Å². The highest BCUT2D eigenvalue weighted by atomic mass is 19.4. The third-order valence-corrected chi connectivity index (χ3v) is 2.51. The Kier molecular flexibility index (Phi) is 4.54. The van der Waals surface area contributed by atoms with Crippen molar-refractivity contribution in [3.63, 3.8) is 0 Å². The lowest BCUT2D eigenvalue weighted by Gasteiger charge is -2.26. The Balaban J connectivity index is 2.89. The number of hydrogen-bond donors (Lipinski definition) is 0. The van der Waals surface area contributed by atoms with Crippen molar-refractivity contribution >= 4 is 5.69 Å². The second kappa shape index (κ2) is 5.71. The van der Waals surface area contributed by atoms with Crippen LogP contribution in [0.4, 0.5) is 23.2 Å². The lowest BCUT2D eigenvalue weighted by molar-refractivity contribution is -0.156. The second-order valence-corrected chi connectivity index (χ2v) is 3.74. The summed E-state index contributed by atoms with van der Waals surface area (Å²) >= 11 is 0. The summed E-state index contributed by atoms with van der Waals surface area (Å²) in [5.41, 5.74) is 0.335. The molecule has 0 heterocycles. The maximum Gasteiger partial charge on any atom is 0.406 e. The van der Waals surface area contributed by atoms with Crippen LogP contribution < -0.4 is 4.90 Å². The van der Waals surface area contributed by atoms with Crippen LogP contribution in [0.5, 0.6) is 0 Å². The van der Waals surface area contributed by atoms with Crippen molar-refractivity contribution in [2.24, 2.45) is 5.92 Å². The molecule has 18 heavy (non-hydrogen) atoms. The zero-order valence-corrected chi connectivity index (χ0v) is 9.71. The first-order valence-corrected chi connectivity index (χ1v) is 5.35. The molecule has 0 N–H and O–H groups in total. The predicted octanol–water partition coefficient (Wildman–Crippen LogP) is 3.35. The summed E-state index contributed by atoms with van der Waals surface area (Å²) in [5, 5.41) is 8.54. The molecule has 0 saturated heterocycles. The van der Waals surface area contributed by atoms with Gasteiger partial charge in [-0.25, -0.2) is 4.39 Å². The van der Waals surface area contributed by atoms with E-state index < -0.39 is 24.5 Å². The molecule has 1 unspecified atom stereocenters. The van der Waals surface area contributed by atoms with Gasteiger partial charge in [0.05, 0.1) is 6.07 Å². The highest BCUT2D eigenvalue weighted by Gasteiger charge is 2.40. The Labute approximate surface area is 102 Å². The molecule has 0 aliphatic heterocycles. The number of rotatable bonds is 4. The summed E-state index contributed by atoms with van der Waals surface area (Å²) in [6.45, 7) is 1.41. The highest BCUT2D eigenvalue weighted by molar-refractivity contribution is 5.46. The van der Waals surface area contributed by atoms with E-state index in [-0.39, 0.29) is 6.54 Å². The fraction of sp³-hybridized carbons (Fsp3) is 0.417. The fourth-order valence-electron chi connectivity index (χ4n) is 1.53. The molecule has 1 rings (SSSR count). The smallest absolute Gasteiger partial charge is 0.370 e. The predicted molar refractivity (Wildman–Crippen MR) is 59.4 cm³/mol. The van der Waals surface area contributed by atoms with Crippen molar-refractivity contribution in [2.45, 2.75) is 13.1 Å². The number of alkyl halides is 3. The van der Waals surface area contributed by atoms with Gasteiger partial charge in [-0.1, -0.05) is 6.07 Å². The standard InChI is InChI=1S/C12H12F4N2/c1-2-18(8-9(7-17)12(14,15)16)11-5-3-4-10(13)6-11/h3-6,9H,2,8H2,1H3. The van der Waals surface area contributed by atoms with Crippen molar-refractivity contribution in [1.82, 2.24) is 0 Å². The highest BCUT2D eigenvalue weighted by Crippen LogP contribution is 2.28. The minimum atomic E-state index is -4.57. The lowest BCUT2D eigenvalue weighted by atomic mass is 10.1. The van der Waals surface area contributed by atoms with Crippen LogP contribution in [0.15, 0.2) is 24.3 Å². The Hall–Kier alpha value is -1.77. The van der Waals surface area contributed by atoms with E-state index in [0.717, 1.165) is 6.07 Å². The first-order valence-electron chi connectivity index (χ1n) is 5.35. The summed E-state index contributed by atoms with van der Waals surface area (Å²) in [6, 6.07) is 6.52. The van der Waals surface area contributed by atoms with Crippen LogP contribution in [0.2, 0.25) is 0 Å². The van der Waals surface area contributed by atoms with Gasteiger partial charge in [0.25, 0.3) is 0 Å². The third-order valence-electron chi connectivity index (χ3n) is 2.51. The Morgan fingerprint density at radius 2 is 2.06 bits per heavy atom. The molecule has 0 fully saturated rings. The van der Waals surface area contributed by atoms with E-state index in [2.05, 4.69) is 0 Å². The molecule has 98 valence electrons. The molecule has 2 nitrogen and oxygen atoms in total.